The highest BCUT2D eigenvalue weighted by atomic mass is 16.7. The van der Waals surface area contributed by atoms with Crippen LogP contribution in [0.25, 0.3) is 0 Å². The number of hydrogen-bond acceptors (Lipinski definition) is 5. The van der Waals surface area contributed by atoms with E-state index in [2.05, 4.69) is 26.5 Å². The van der Waals surface area contributed by atoms with Crippen LogP contribution < -0.4 is 9.47 Å². The van der Waals surface area contributed by atoms with E-state index in [0.717, 1.165) is 49.7 Å². The fourth-order valence-electron chi connectivity index (χ4n) is 5.37. The minimum atomic E-state index is -1.53. The molecule has 0 bridgehead atoms. The van der Waals surface area contributed by atoms with Gasteiger partial charge >= 0.3 is 5.97 Å². The van der Waals surface area contributed by atoms with Gasteiger partial charge in [-0.3, -0.25) is 4.79 Å². The quantitative estimate of drug-likeness (QED) is 0.150. The largest absolute Gasteiger partial charge is 0.465 e. The molecule has 36 heavy (non-hydrogen) atoms. The van der Waals surface area contributed by atoms with Gasteiger partial charge in [0.15, 0.2) is 0 Å². The Bertz CT molecular complexity index is 1160. The molecule has 2 aromatic rings. The number of carbonyl (C=O) groups excluding carboxylic acids is 2. The van der Waals surface area contributed by atoms with E-state index in [1.807, 2.05) is 36.4 Å². The maximum absolute atomic E-state index is 13.8. The Morgan fingerprint density at radius 1 is 1.22 bits per heavy atom. The fraction of sp³-hybridized carbons (Fsp3) is 0.419. The van der Waals surface area contributed by atoms with Gasteiger partial charge in [0, 0.05) is 17.0 Å². The molecule has 0 amide bonds. The lowest BCUT2D eigenvalue weighted by Gasteiger charge is -2.40. The first-order valence-corrected chi connectivity index (χ1v) is 13.0. The van der Waals surface area contributed by atoms with Crippen molar-refractivity contribution in [3.63, 3.8) is 0 Å². The number of esters is 1. The highest BCUT2D eigenvalue weighted by Gasteiger charge is 2.48. The number of cyclic esters (lactones) is 1. The van der Waals surface area contributed by atoms with Crippen LogP contribution >= 0.6 is 0 Å². The number of Topliss-reactive ketones (excluding diaryl/α,β-unsaturated/α-hetero) is 1. The predicted octanol–water partition coefficient (Wildman–Crippen LogP) is 7.54. The van der Waals surface area contributed by atoms with Gasteiger partial charge in [0.05, 0.1) is 12.7 Å². The third-order valence-electron chi connectivity index (χ3n) is 6.99. The highest BCUT2D eigenvalue weighted by Crippen LogP contribution is 2.50. The normalized spacial score (nSPS) is 21.0. The number of hydrogen-bond donors (Lipinski definition) is 0. The van der Waals surface area contributed by atoms with E-state index < -0.39 is 11.8 Å². The zero-order valence-electron chi connectivity index (χ0n) is 21.6. The second-order valence-electron chi connectivity index (χ2n) is 9.89. The minimum Gasteiger partial charge on any atom is -0.465 e. The van der Waals surface area contributed by atoms with Gasteiger partial charge in [-0.05, 0) is 57.6 Å². The van der Waals surface area contributed by atoms with Gasteiger partial charge in [-0.2, -0.15) is 0 Å². The molecule has 1 heterocycles. The molecule has 2 aromatic carbocycles. The second kappa shape index (κ2) is 11.2. The Kier molecular flexibility index (Phi) is 7.97. The van der Waals surface area contributed by atoms with Crippen LogP contribution in [0.3, 0.4) is 0 Å². The lowest BCUT2D eigenvalue weighted by Crippen LogP contribution is -2.44. The van der Waals surface area contributed by atoms with Crippen molar-refractivity contribution in [3.05, 3.63) is 83.1 Å². The summed E-state index contributed by atoms with van der Waals surface area (Å²) in [5, 5.41) is 0. The molecule has 2 aliphatic rings. The molecule has 0 saturated heterocycles. The van der Waals surface area contributed by atoms with Gasteiger partial charge in [0.1, 0.15) is 22.8 Å². The molecule has 1 unspecified atom stereocenters. The van der Waals surface area contributed by atoms with E-state index in [-0.39, 0.29) is 18.1 Å². The van der Waals surface area contributed by atoms with E-state index in [1.165, 1.54) is 18.8 Å². The molecular weight excluding hydrogens is 452 g/mol. The van der Waals surface area contributed by atoms with Crippen molar-refractivity contribution in [1.82, 2.24) is 0 Å². The minimum absolute atomic E-state index is 0.0174. The maximum Gasteiger partial charge on any atom is 0.345 e. The first-order chi connectivity index (χ1) is 17.4. The Hall–Kier alpha value is -3.34. The van der Waals surface area contributed by atoms with Crippen LogP contribution in [-0.2, 0) is 21.7 Å². The molecular formula is C31H36O5. The first-order valence-electron chi connectivity index (χ1n) is 13.0. The SMILES string of the molecule is C=COc1cc(CCCCC)c2c(c1[C@@H]1C=C(C)CCC1)OC(CC(C)=O)(c1ccccc1)OC2=O. The van der Waals surface area contributed by atoms with E-state index in [0.29, 0.717) is 29.0 Å². The standard InChI is InChI=1S/C31H36O5/c1-5-7-9-14-24-19-26(34-6-2)27(23-15-12-13-21(3)18-23)29-28(24)30(33)36-31(35-29,20-22(4)32)25-16-10-8-11-17-25/h6,8,10-11,16-19,23H,2,5,7,9,12-15,20H2,1,3-4H3/t23-,31?/m0/s1. The van der Waals surface area contributed by atoms with Crippen molar-refractivity contribution >= 4 is 11.8 Å². The van der Waals surface area contributed by atoms with Gasteiger partial charge in [-0.25, -0.2) is 4.79 Å². The third kappa shape index (κ3) is 5.25. The third-order valence-corrected chi connectivity index (χ3v) is 6.99. The van der Waals surface area contributed by atoms with Gasteiger partial charge in [-0.15, -0.1) is 0 Å². The average Bonchev–Trinajstić information content (AvgIpc) is 2.84. The number of allylic oxidation sites excluding steroid dienone is 2. The maximum atomic E-state index is 13.8. The summed E-state index contributed by atoms with van der Waals surface area (Å²) in [6.07, 6.45) is 10.3. The first kappa shape index (κ1) is 25.7. The number of rotatable bonds is 10. The topological polar surface area (TPSA) is 61.8 Å². The number of benzene rings is 2. The monoisotopic (exact) mass is 488 g/mol. The van der Waals surface area contributed by atoms with E-state index in [9.17, 15) is 9.59 Å². The van der Waals surface area contributed by atoms with Crippen LogP contribution in [0.15, 0.2) is 60.9 Å². The number of unbranched alkanes of at least 4 members (excludes halogenated alkanes) is 2. The Morgan fingerprint density at radius 3 is 2.67 bits per heavy atom. The number of ketones is 1. The molecule has 1 aliphatic carbocycles. The molecule has 0 saturated carbocycles. The van der Waals surface area contributed by atoms with Gasteiger partial charge in [-0.1, -0.05) is 68.3 Å². The van der Waals surface area contributed by atoms with Crippen LogP contribution in [0, 0.1) is 0 Å². The van der Waals surface area contributed by atoms with Crippen molar-refractivity contribution in [2.75, 3.05) is 0 Å². The molecule has 190 valence electrons. The Balaban J connectivity index is 1.96. The lowest BCUT2D eigenvalue weighted by molar-refractivity contribution is -0.172. The molecule has 0 fully saturated rings. The summed E-state index contributed by atoms with van der Waals surface area (Å²) in [6, 6.07) is 11.2. The van der Waals surface area contributed by atoms with E-state index in [1.54, 1.807) is 0 Å². The van der Waals surface area contributed by atoms with Crippen LogP contribution in [0.1, 0.15) is 98.7 Å². The highest BCUT2D eigenvalue weighted by molar-refractivity contribution is 5.97. The molecule has 0 N–H and O–H groups in total. The molecule has 0 aromatic heterocycles. The Labute approximate surface area is 214 Å². The van der Waals surface area contributed by atoms with Crippen molar-refractivity contribution in [2.45, 2.75) is 83.8 Å². The van der Waals surface area contributed by atoms with Crippen molar-refractivity contribution in [2.24, 2.45) is 0 Å². The molecule has 0 radical (unpaired) electrons. The van der Waals surface area contributed by atoms with Crippen molar-refractivity contribution in [1.29, 1.82) is 0 Å². The van der Waals surface area contributed by atoms with Crippen molar-refractivity contribution < 1.29 is 23.8 Å². The number of aryl methyl sites for hydroxylation is 1. The van der Waals surface area contributed by atoms with Crippen LogP contribution in [0.2, 0.25) is 0 Å². The predicted molar refractivity (Wildman–Crippen MR) is 140 cm³/mol. The van der Waals surface area contributed by atoms with Crippen molar-refractivity contribution in [3.8, 4) is 11.5 Å². The number of carbonyl (C=O) groups is 2. The molecule has 5 heteroatoms. The smallest absolute Gasteiger partial charge is 0.345 e. The Morgan fingerprint density at radius 2 is 2.00 bits per heavy atom. The number of ether oxygens (including phenoxy) is 3. The van der Waals surface area contributed by atoms with Crippen LogP contribution in [0.4, 0.5) is 0 Å². The van der Waals surface area contributed by atoms with Gasteiger partial charge < -0.3 is 14.2 Å². The van der Waals surface area contributed by atoms with Gasteiger partial charge in [0.25, 0.3) is 5.79 Å². The summed E-state index contributed by atoms with van der Waals surface area (Å²) >= 11 is 0. The molecule has 4 rings (SSSR count). The summed E-state index contributed by atoms with van der Waals surface area (Å²) in [4.78, 5) is 26.2. The summed E-state index contributed by atoms with van der Waals surface area (Å²) < 4.78 is 18.7. The summed E-state index contributed by atoms with van der Waals surface area (Å²) in [6.45, 7) is 9.55. The van der Waals surface area contributed by atoms with E-state index in [4.69, 9.17) is 14.2 Å². The second-order valence-corrected chi connectivity index (χ2v) is 9.89. The summed E-state index contributed by atoms with van der Waals surface area (Å²) in [5.41, 5.74) is 4.04. The lowest BCUT2D eigenvalue weighted by atomic mass is 9.82. The average molecular weight is 489 g/mol. The van der Waals surface area contributed by atoms with E-state index >= 15 is 0 Å². The zero-order chi connectivity index (χ0) is 25.7. The van der Waals surface area contributed by atoms with Crippen LogP contribution in [-0.4, -0.2) is 11.8 Å². The fourth-order valence-corrected chi connectivity index (χ4v) is 5.37. The molecule has 5 nitrogen and oxygen atoms in total. The molecule has 0 spiro atoms. The van der Waals surface area contributed by atoms with Gasteiger partial charge in [0.2, 0.25) is 0 Å². The number of fused-ring (bicyclic) bond motifs is 1. The summed E-state index contributed by atoms with van der Waals surface area (Å²) in [5.74, 6) is -0.998. The zero-order valence-corrected chi connectivity index (χ0v) is 21.6. The molecule has 2 atom stereocenters. The van der Waals surface area contributed by atoms with Crippen LogP contribution in [0.5, 0.6) is 11.5 Å². The summed E-state index contributed by atoms with van der Waals surface area (Å²) in [7, 11) is 0. The molecule has 1 aliphatic heterocycles.